The smallest absolute Gasteiger partial charge is 0.191 e. The van der Waals surface area contributed by atoms with Gasteiger partial charge in [-0.3, -0.25) is 9.59 Å². The van der Waals surface area contributed by atoms with Crippen LogP contribution in [-0.4, -0.2) is 41.0 Å². The maximum Gasteiger partial charge on any atom is 0.191 e. The molecule has 0 atom stereocenters. The highest BCUT2D eigenvalue weighted by molar-refractivity contribution is 6.12. The van der Waals surface area contributed by atoms with Crippen molar-refractivity contribution in [2.75, 3.05) is 19.6 Å². The highest BCUT2D eigenvalue weighted by Gasteiger charge is 2.34. The van der Waals surface area contributed by atoms with Crippen molar-refractivity contribution in [1.82, 2.24) is 9.80 Å². The van der Waals surface area contributed by atoms with Crippen LogP contribution in [0.25, 0.3) is 0 Å². The summed E-state index contributed by atoms with van der Waals surface area (Å²) >= 11 is 0. The number of nitrogens with zero attached hydrogens (tertiary/aromatic N) is 2. The number of carbonyl (C=O) groups excluding carboxylic acids is 2. The van der Waals surface area contributed by atoms with Crippen LogP contribution in [0.3, 0.4) is 0 Å². The van der Waals surface area contributed by atoms with Gasteiger partial charge in [-0.1, -0.05) is 85.7 Å². The zero-order valence-corrected chi connectivity index (χ0v) is 22.3. The van der Waals surface area contributed by atoms with Gasteiger partial charge in [0.25, 0.3) is 0 Å². The molecule has 2 aliphatic heterocycles. The van der Waals surface area contributed by atoms with Crippen LogP contribution in [0.4, 0.5) is 0 Å². The summed E-state index contributed by atoms with van der Waals surface area (Å²) in [6, 6.07) is 7.23. The number of benzene rings is 1. The SMILES string of the molecule is CC(C)CN1C=CC(C)(C)C(C(=O)c2ccc(C(=O)C3=CN(CC(C)C)CCC3(C)C)cc2)=C1. The van der Waals surface area contributed by atoms with Crippen molar-refractivity contribution in [3.05, 3.63) is 71.2 Å². The molecule has 0 aromatic heterocycles. The fourth-order valence-corrected chi connectivity index (χ4v) is 4.68. The van der Waals surface area contributed by atoms with Gasteiger partial charge in [0.1, 0.15) is 0 Å². The summed E-state index contributed by atoms with van der Waals surface area (Å²) in [5, 5.41) is 0. The Balaban J connectivity index is 1.84. The molecule has 0 saturated carbocycles. The molecule has 0 unspecified atom stereocenters. The lowest BCUT2D eigenvalue weighted by atomic mass is 9.75. The number of hydrogen-bond acceptors (Lipinski definition) is 4. The Kier molecular flexibility index (Phi) is 7.59. The Morgan fingerprint density at radius 2 is 1.35 bits per heavy atom. The minimum atomic E-state index is -0.337. The monoisotopic (exact) mass is 462 g/mol. The number of ketones is 2. The summed E-state index contributed by atoms with van der Waals surface area (Å²) in [7, 11) is 0. The van der Waals surface area contributed by atoms with E-state index in [0.717, 1.165) is 37.2 Å². The van der Waals surface area contributed by atoms with E-state index >= 15 is 0 Å². The molecule has 3 rings (SSSR count). The van der Waals surface area contributed by atoms with Crippen LogP contribution in [0.5, 0.6) is 0 Å². The summed E-state index contributed by atoms with van der Waals surface area (Å²) in [5.41, 5.74) is 2.38. The summed E-state index contributed by atoms with van der Waals surface area (Å²) in [4.78, 5) is 31.3. The van der Waals surface area contributed by atoms with Crippen LogP contribution < -0.4 is 0 Å². The Morgan fingerprint density at radius 1 is 0.824 bits per heavy atom. The van der Waals surface area contributed by atoms with Gasteiger partial charge in [0.2, 0.25) is 0 Å². The number of allylic oxidation sites excluding steroid dienone is 3. The lowest BCUT2D eigenvalue weighted by Crippen LogP contribution is -2.36. The zero-order chi connectivity index (χ0) is 25.3. The van der Waals surface area contributed by atoms with E-state index in [1.54, 1.807) is 12.1 Å². The third-order valence-corrected chi connectivity index (χ3v) is 6.81. The molecule has 2 aliphatic rings. The minimum Gasteiger partial charge on any atom is -0.377 e. The summed E-state index contributed by atoms with van der Waals surface area (Å²) in [6.07, 6.45) is 9.18. The second-order valence-electron chi connectivity index (χ2n) is 12.0. The summed E-state index contributed by atoms with van der Waals surface area (Å²) in [6.45, 7) is 20.0. The van der Waals surface area contributed by atoms with Crippen molar-refractivity contribution in [2.45, 2.75) is 61.8 Å². The van der Waals surface area contributed by atoms with Gasteiger partial charge in [-0.05, 0) is 23.7 Å². The van der Waals surface area contributed by atoms with Crippen molar-refractivity contribution in [1.29, 1.82) is 0 Å². The Morgan fingerprint density at radius 3 is 1.88 bits per heavy atom. The molecule has 0 N–H and O–H groups in total. The normalized spacial score (nSPS) is 19.4. The fourth-order valence-electron chi connectivity index (χ4n) is 4.68. The predicted octanol–water partition coefficient (Wildman–Crippen LogP) is 6.72. The standard InChI is InChI=1S/C30H42N2O2/c1-21(2)17-31-15-13-29(5,6)25(19-31)27(33)23-9-11-24(12-10-23)28(34)26-20-32(18-22(3)4)16-14-30(26,7)8/h9-13,15,19-22H,14,16-18H2,1-8H3. The molecule has 1 aromatic carbocycles. The lowest BCUT2D eigenvalue weighted by Gasteiger charge is -2.37. The first-order chi connectivity index (χ1) is 15.8. The summed E-state index contributed by atoms with van der Waals surface area (Å²) < 4.78 is 0. The van der Waals surface area contributed by atoms with Crippen molar-refractivity contribution in [2.24, 2.45) is 22.7 Å². The molecule has 0 amide bonds. The first-order valence-electron chi connectivity index (χ1n) is 12.6. The van der Waals surface area contributed by atoms with Crippen LogP contribution in [-0.2, 0) is 0 Å². The Hall–Kier alpha value is -2.62. The molecule has 1 aromatic rings. The third-order valence-electron chi connectivity index (χ3n) is 6.81. The molecule has 4 heteroatoms. The van der Waals surface area contributed by atoms with Crippen LogP contribution in [0, 0.1) is 22.7 Å². The molecular formula is C30H42N2O2. The van der Waals surface area contributed by atoms with E-state index in [-0.39, 0.29) is 22.4 Å². The zero-order valence-electron chi connectivity index (χ0n) is 22.3. The minimum absolute atomic E-state index is 0.0161. The average Bonchev–Trinajstić information content (AvgIpc) is 2.74. The highest BCUT2D eigenvalue weighted by Crippen LogP contribution is 2.37. The van der Waals surface area contributed by atoms with E-state index in [1.165, 1.54) is 0 Å². The Labute approximate surface area is 206 Å². The van der Waals surface area contributed by atoms with Crippen molar-refractivity contribution in [3.8, 4) is 0 Å². The molecule has 0 fully saturated rings. The maximum absolute atomic E-state index is 13.5. The fraction of sp³-hybridized carbons (Fsp3) is 0.533. The van der Waals surface area contributed by atoms with E-state index in [2.05, 4.69) is 83.7 Å². The summed E-state index contributed by atoms with van der Waals surface area (Å²) in [5.74, 6) is 1.12. The van der Waals surface area contributed by atoms with E-state index in [4.69, 9.17) is 0 Å². The molecule has 4 nitrogen and oxygen atoms in total. The van der Waals surface area contributed by atoms with Crippen molar-refractivity contribution < 1.29 is 9.59 Å². The van der Waals surface area contributed by atoms with Gasteiger partial charge in [0.05, 0.1) is 0 Å². The number of carbonyl (C=O) groups is 2. The topological polar surface area (TPSA) is 40.6 Å². The van der Waals surface area contributed by atoms with Gasteiger partial charge < -0.3 is 9.80 Å². The van der Waals surface area contributed by atoms with Gasteiger partial charge in [-0.25, -0.2) is 0 Å². The molecule has 0 saturated heterocycles. The van der Waals surface area contributed by atoms with Crippen LogP contribution in [0.15, 0.2) is 60.1 Å². The van der Waals surface area contributed by atoms with E-state index in [1.807, 2.05) is 18.3 Å². The van der Waals surface area contributed by atoms with Crippen LogP contribution in [0.1, 0.15) is 82.5 Å². The van der Waals surface area contributed by atoms with Crippen LogP contribution in [0.2, 0.25) is 0 Å². The molecule has 0 radical (unpaired) electrons. The van der Waals surface area contributed by atoms with E-state index in [0.29, 0.717) is 23.0 Å². The molecule has 184 valence electrons. The second kappa shape index (κ2) is 9.93. The van der Waals surface area contributed by atoms with E-state index < -0.39 is 0 Å². The molecule has 34 heavy (non-hydrogen) atoms. The molecule has 2 heterocycles. The van der Waals surface area contributed by atoms with Gasteiger partial charge in [-0.15, -0.1) is 0 Å². The largest absolute Gasteiger partial charge is 0.377 e. The van der Waals surface area contributed by atoms with Crippen molar-refractivity contribution >= 4 is 11.6 Å². The quantitative estimate of drug-likeness (QED) is 0.402. The van der Waals surface area contributed by atoms with E-state index in [9.17, 15) is 9.59 Å². The van der Waals surface area contributed by atoms with Gasteiger partial charge in [0.15, 0.2) is 11.6 Å². The number of hydrogen-bond donors (Lipinski definition) is 0. The Bertz CT molecular complexity index is 968. The first kappa shape index (κ1) is 26.0. The van der Waals surface area contributed by atoms with Crippen LogP contribution >= 0.6 is 0 Å². The number of Topliss-reactive ketones (excluding diaryl/α,β-unsaturated/α-hetero) is 2. The van der Waals surface area contributed by atoms with Gasteiger partial charge in [0, 0.05) is 65.9 Å². The first-order valence-corrected chi connectivity index (χ1v) is 12.6. The molecular weight excluding hydrogens is 420 g/mol. The van der Waals surface area contributed by atoms with Gasteiger partial charge >= 0.3 is 0 Å². The van der Waals surface area contributed by atoms with Crippen molar-refractivity contribution in [3.63, 3.8) is 0 Å². The average molecular weight is 463 g/mol. The maximum atomic E-state index is 13.5. The van der Waals surface area contributed by atoms with Gasteiger partial charge in [-0.2, -0.15) is 0 Å². The second-order valence-corrected chi connectivity index (χ2v) is 12.0. The lowest BCUT2D eigenvalue weighted by molar-refractivity contribution is 0.0981. The molecule has 0 aliphatic carbocycles. The predicted molar refractivity (Wildman–Crippen MR) is 141 cm³/mol. The number of rotatable bonds is 8. The third kappa shape index (κ3) is 5.89. The highest BCUT2D eigenvalue weighted by atomic mass is 16.1. The molecule has 0 spiro atoms. The molecule has 0 bridgehead atoms.